The lowest BCUT2D eigenvalue weighted by Crippen LogP contribution is -2.11. The molecule has 0 saturated heterocycles. The molecule has 0 aliphatic heterocycles. The molecule has 0 bridgehead atoms. The molecule has 0 fully saturated rings. The summed E-state index contributed by atoms with van der Waals surface area (Å²) in [5.41, 5.74) is -0.480. The second-order valence-corrected chi connectivity index (χ2v) is 10.9. The lowest BCUT2D eigenvalue weighted by Gasteiger charge is -2.19. The van der Waals surface area contributed by atoms with Gasteiger partial charge in [0.15, 0.2) is 12.5 Å². The average molecular weight is 723 g/mol. The second-order valence-electron chi connectivity index (χ2n) is 10.9. The minimum Gasteiger partial charge on any atom is -0.459 e. The van der Waals surface area contributed by atoms with E-state index in [-0.39, 0.29) is 80.1 Å². The van der Waals surface area contributed by atoms with Crippen LogP contribution in [0.4, 0.5) is 17.6 Å². The van der Waals surface area contributed by atoms with Crippen LogP contribution in [0, 0.1) is 0 Å². The third-order valence-electron chi connectivity index (χ3n) is 6.34. The first-order valence-corrected chi connectivity index (χ1v) is 14.7. The zero-order chi connectivity index (χ0) is 38.9. The molecule has 0 aliphatic carbocycles. The molecule has 0 atom stereocenters. The third-order valence-corrected chi connectivity index (χ3v) is 6.34. The fourth-order valence-corrected chi connectivity index (χ4v) is 3.90. The number of ether oxygens (including phenoxy) is 6. The molecule has 0 spiro atoms. The standard InChI is InChI=1S/C38H30F4O10/c1-19(2)35(43)49-23-9-11-25(31(13-23)51-37(45)21(5)6)27-15-30(48-18-34(41)42)28(16-29(27)47-17-33(39)40)26-12-10-24(50-36(44)20(3)4)14-32(26)52-38(46)22(7)8/h9-18H,1,3,5,7H2,2,4,6,8H3. The fourth-order valence-electron chi connectivity index (χ4n) is 3.90. The van der Waals surface area contributed by atoms with Crippen LogP contribution in [0.1, 0.15) is 27.7 Å². The second kappa shape index (κ2) is 17.3. The maximum absolute atomic E-state index is 13.4. The largest absolute Gasteiger partial charge is 0.459 e. The highest BCUT2D eigenvalue weighted by atomic mass is 19.3. The number of carbonyl (C=O) groups excluding carboxylic acids is 4. The Balaban J connectivity index is 2.43. The van der Waals surface area contributed by atoms with Crippen molar-refractivity contribution in [1.29, 1.82) is 0 Å². The fraction of sp³-hybridized carbons (Fsp3) is 0.105. The van der Waals surface area contributed by atoms with Gasteiger partial charge in [0.1, 0.15) is 34.5 Å². The minimum absolute atomic E-state index is 0.0427. The van der Waals surface area contributed by atoms with Crippen LogP contribution in [0.25, 0.3) is 22.3 Å². The summed E-state index contributed by atoms with van der Waals surface area (Å²) in [7, 11) is 0. The van der Waals surface area contributed by atoms with Crippen LogP contribution in [0.5, 0.6) is 34.5 Å². The molecule has 3 aromatic carbocycles. The maximum Gasteiger partial charge on any atom is 0.338 e. The molecular formula is C38H30F4O10. The van der Waals surface area contributed by atoms with E-state index in [1.54, 1.807) is 0 Å². The topological polar surface area (TPSA) is 124 Å². The lowest BCUT2D eigenvalue weighted by atomic mass is 9.96. The van der Waals surface area contributed by atoms with Crippen LogP contribution >= 0.6 is 0 Å². The molecule has 14 heteroatoms. The van der Waals surface area contributed by atoms with Gasteiger partial charge >= 0.3 is 36.0 Å². The molecule has 10 nitrogen and oxygen atoms in total. The highest BCUT2D eigenvalue weighted by Gasteiger charge is 2.24. The molecule has 0 heterocycles. The Kier molecular flexibility index (Phi) is 13.2. The van der Waals surface area contributed by atoms with E-state index in [1.165, 1.54) is 52.0 Å². The molecule has 3 aromatic rings. The predicted octanol–water partition coefficient (Wildman–Crippen LogP) is 9.18. The minimum atomic E-state index is -2.27. The van der Waals surface area contributed by atoms with Gasteiger partial charge in [0.2, 0.25) is 0 Å². The summed E-state index contributed by atoms with van der Waals surface area (Å²) in [5.74, 6) is -5.15. The van der Waals surface area contributed by atoms with Crippen molar-refractivity contribution in [1.82, 2.24) is 0 Å². The van der Waals surface area contributed by atoms with Crippen molar-refractivity contribution in [3.8, 4) is 56.8 Å². The van der Waals surface area contributed by atoms with Gasteiger partial charge in [-0.05, 0) is 64.1 Å². The number of carbonyl (C=O) groups is 4. The van der Waals surface area contributed by atoms with E-state index in [0.29, 0.717) is 0 Å². The van der Waals surface area contributed by atoms with Crippen LogP contribution in [0.2, 0.25) is 0 Å². The first-order chi connectivity index (χ1) is 24.4. The molecule has 0 aromatic heterocycles. The van der Waals surface area contributed by atoms with Crippen LogP contribution in [0.15, 0.2) is 122 Å². The summed E-state index contributed by atoms with van der Waals surface area (Å²) in [6.07, 6.45) is -4.39. The predicted molar refractivity (Wildman–Crippen MR) is 181 cm³/mol. The number of esters is 4. The van der Waals surface area contributed by atoms with Crippen molar-refractivity contribution in [2.45, 2.75) is 27.7 Å². The molecule has 0 aliphatic rings. The monoisotopic (exact) mass is 722 g/mol. The van der Waals surface area contributed by atoms with Crippen molar-refractivity contribution in [3.63, 3.8) is 0 Å². The Labute approximate surface area is 295 Å². The number of rotatable bonds is 14. The molecule has 3 rings (SSSR count). The van der Waals surface area contributed by atoms with Gasteiger partial charge in [-0.1, -0.05) is 26.3 Å². The Hall–Kier alpha value is -6.70. The maximum atomic E-state index is 13.4. The lowest BCUT2D eigenvalue weighted by molar-refractivity contribution is -0.131. The van der Waals surface area contributed by atoms with E-state index in [9.17, 15) is 36.7 Å². The summed E-state index contributed by atoms with van der Waals surface area (Å²) < 4.78 is 85.7. The van der Waals surface area contributed by atoms with Gasteiger partial charge in [0.05, 0.1) is 0 Å². The quantitative estimate of drug-likeness (QED) is 0.0523. The normalized spacial score (nSPS) is 10.2. The molecule has 0 radical (unpaired) electrons. The van der Waals surface area contributed by atoms with E-state index >= 15 is 0 Å². The SMILES string of the molecule is C=C(C)C(=O)Oc1ccc(-c2cc(OC=C(F)F)c(-c3ccc(OC(=O)C(=C)C)cc3OC(=O)C(=C)C)cc2OC=C(F)F)c(OC(=O)C(=C)C)c1. The molecule has 270 valence electrons. The van der Waals surface area contributed by atoms with Crippen LogP contribution in [-0.2, 0) is 19.2 Å². The number of hydrogen-bond donors (Lipinski definition) is 0. The Bertz CT molecular complexity index is 1920. The van der Waals surface area contributed by atoms with Crippen molar-refractivity contribution < 1.29 is 65.2 Å². The van der Waals surface area contributed by atoms with Crippen molar-refractivity contribution in [2.75, 3.05) is 0 Å². The van der Waals surface area contributed by atoms with Gasteiger partial charge in [0.25, 0.3) is 0 Å². The molecule has 52 heavy (non-hydrogen) atoms. The van der Waals surface area contributed by atoms with E-state index < -0.39 is 47.5 Å². The van der Waals surface area contributed by atoms with Gasteiger partial charge in [0, 0.05) is 56.7 Å². The van der Waals surface area contributed by atoms with Gasteiger partial charge in [-0.15, -0.1) is 0 Å². The zero-order valence-corrected chi connectivity index (χ0v) is 28.2. The van der Waals surface area contributed by atoms with E-state index in [1.807, 2.05) is 0 Å². The number of benzene rings is 3. The Morgan fingerprint density at radius 1 is 0.462 bits per heavy atom. The summed E-state index contributed by atoms with van der Waals surface area (Å²) in [6, 6.07) is 9.48. The summed E-state index contributed by atoms with van der Waals surface area (Å²) in [4.78, 5) is 49.7. The highest BCUT2D eigenvalue weighted by molar-refractivity contribution is 5.94. The first kappa shape index (κ1) is 39.7. The summed E-state index contributed by atoms with van der Waals surface area (Å²) in [6.45, 7) is 19.5. The highest BCUT2D eigenvalue weighted by Crippen LogP contribution is 2.47. The zero-order valence-electron chi connectivity index (χ0n) is 28.2. The van der Waals surface area contributed by atoms with Crippen molar-refractivity contribution >= 4 is 23.9 Å². The summed E-state index contributed by atoms with van der Waals surface area (Å²) >= 11 is 0. The Morgan fingerprint density at radius 3 is 1.06 bits per heavy atom. The number of hydrogen-bond acceptors (Lipinski definition) is 10. The van der Waals surface area contributed by atoms with Crippen LogP contribution in [-0.4, -0.2) is 23.9 Å². The number of halogens is 4. The smallest absolute Gasteiger partial charge is 0.338 e. The average Bonchev–Trinajstić information content (AvgIpc) is 3.06. The van der Waals surface area contributed by atoms with Gasteiger partial charge in [-0.2, -0.15) is 17.6 Å². The van der Waals surface area contributed by atoms with E-state index in [4.69, 9.17) is 28.4 Å². The third kappa shape index (κ3) is 10.6. The molecular weight excluding hydrogens is 692 g/mol. The molecule has 0 unspecified atom stereocenters. The van der Waals surface area contributed by atoms with Crippen LogP contribution in [0.3, 0.4) is 0 Å². The molecule has 0 N–H and O–H groups in total. The van der Waals surface area contributed by atoms with E-state index in [2.05, 4.69) is 26.3 Å². The van der Waals surface area contributed by atoms with Crippen LogP contribution < -0.4 is 28.4 Å². The molecule has 0 saturated carbocycles. The first-order valence-electron chi connectivity index (χ1n) is 14.7. The van der Waals surface area contributed by atoms with Crippen molar-refractivity contribution in [2.24, 2.45) is 0 Å². The van der Waals surface area contributed by atoms with Crippen molar-refractivity contribution in [3.05, 3.63) is 122 Å². The summed E-state index contributed by atoms with van der Waals surface area (Å²) in [5, 5.41) is 0. The van der Waals surface area contributed by atoms with Gasteiger partial charge in [-0.25, -0.2) is 19.2 Å². The Morgan fingerprint density at radius 2 is 0.769 bits per heavy atom. The van der Waals surface area contributed by atoms with E-state index in [0.717, 1.165) is 24.3 Å². The van der Waals surface area contributed by atoms with Gasteiger partial charge in [-0.3, -0.25) is 0 Å². The van der Waals surface area contributed by atoms with Gasteiger partial charge < -0.3 is 28.4 Å². The molecule has 0 amide bonds.